The Morgan fingerprint density at radius 1 is 0.973 bits per heavy atom. The minimum absolute atomic E-state index is 0.0989. The Bertz CT molecular complexity index is 1030. The molecule has 2 aromatic rings. The van der Waals surface area contributed by atoms with E-state index in [1.165, 1.54) is 6.33 Å². The zero-order valence-electron chi connectivity index (χ0n) is 22.1. The number of esters is 2. The van der Waals surface area contributed by atoms with E-state index in [-0.39, 0.29) is 49.8 Å². The van der Waals surface area contributed by atoms with Gasteiger partial charge in [0.2, 0.25) is 6.49 Å². The molecule has 0 aromatic carbocycles. The van der Waals surface area contributed by atoms with Gasteiger partial charge in [0.15, 0.2) is 25.1 Å². The molecule has 14 heteroatoms. The van der Waals surface area contributed by atoms with Gasteiger partial charge in [-0.1, -0.05) is 27.7 Å². The molecule has 0 aliphatic rings. The second kappa shape index (κ2) is 15.3. The number of nitrogens with zero attached hydrogens (tertiary/aromatic N) is 4. The number of carbonyl (C=O) groups is 2. The minimum Gasteiger partial charge on any atom is -0.438 e. The summed E-state index contributed by atoms with van der Waals surface area (Å²) in [5, 5.41) is 0. The number of imidazole rings is 1. The SMILES string of the molecule is CCC(CC)C(=O)OCOP(=S)(CO[C@H](C)Cn1cnc2c(N)ncnc21)OCOC(=O)C(CC)CC. The van der Waals surface area contributed by atoms with Gasteiger partial charge in [-0.2, -0.15) is 0 Å². The number of aromatic nitrogens is 4. The van der Waals surface area contributed by atoms with Crippen LogP contribution in [0, 0.1) is 11.8 Å². The summed E-state index contributed by atoms with van der Waals surface area (Å²) in [5.74, 6) is -0.881. The Hall–Kier alpha value is -2.18. The van der Waals surface area contributed by atoms with Gasteiger partial charge in [0.25, 0.3) is 0 Å². The average molecular weight is 560 g/mol. The molecule has 2 rings (SSSR count). The molecule has 2 N–H and O–H groups in total. The van der Waals surface area contributed by atoms with E-state index in [1.807, 2.05) is 34.6 Å². The predicted molar refractivity (Wildman–Crippen MR) is 142 cm³/mol. The van der Waals surface area contributed by atoms with Crippen LogP contribution in [0.25, 0.3) is 11.2 Å². The molecule has 0 aliphatic carbocycles. The maximum absolute atomic E-state index is 12.2. The second-order valence-electron chi connectivity index (χ2n) is 8.49. The van der Waals surface area contributed by atoms with Gasteiger partial charge in [-0.3, -0.25) is 18.6 Å². The summed E-state index contributed by atoms with van der Waals surface area (Å²) in [4.78, 5) is 36.8. The summed E-state index contributed by atoms with van der Waals surface area (Å²) < 4.78 is 29.6. The fourth-order valence-corrected chi connectivity index (χ4v) is 5.03. The highest BCUT2D eigenvalue weighted by atomic mass is 32.5. The summed E-state index contributed by atoms with van der Waals surface area (Å²) in [7, 11) is 0. The van der Waals surface area contributed by atoms with Gasteiger partial charge in [-0.25, -0.2) is 15.0 Å². The largest absolute Gasteiger partial charge is 0.438 e. The lowest BCUT2D eigenvalue weighted by molar-refractivity contribution is -0.157. The van der Waals surface area contributed by atoms with Crippen LogP contribution in [-0.4, -0.2) is 57.5 Å². The molecular weight excluding hydrogens is 521 g/mol. The summed E-state index contributed by atoms with van der Waals surface area (Å²) >= 11 is 5.61. The van der Waals surface area contributed by atoms with Gasteiger partial charge in [-0.05, 0) is 44.4 Å². The lowest BCUT2D eigenvalue weighted by Gasteiger charge is -2.24. The third-order valence-electron chi connectivity index (χ3n) is 5.94. The minimum atomic E-state index is -3.14. The molecule has 0 saturated heterocycles. The van der Waals surface area contributed by atoms with Crippen molar-refractivity contribution in [2.24, 2.45) is 11.8 Å². The normalized spacial score (nSPS) is 12.8. The van der Waals surface area contributed by atoms with E-state index in [9.17, 15) is 9.59 Å². The molecule has 37 heavy (non-hydrogen) atoms. The Kier molecular flexibility index (Phi) is 12.8. The van der Waals surface area contributed by atoms with Gasteiger partial charge in [0.05, 0.1) is 30.8 Å². The first-order valence-corrected chi connectivity index (χ1v) is 15.2. The Morgan fingerprint density at radius 2 is 1.51 bits per heavy atom. The van der Waals surface area contributed by atoms with E-state index < -0.39 is 6.49 Å². The number of nitrogens with two attached hydrogens (primary N) is 1. The van der Waals surface area contributed by atoms with Crippen molar-refractivity contribution < 1.29 is 32.8 Å². The highest BCUT2D eigenvalue weighted by molar-refractivity contribution is 8.09. The van der Waals surface area contributed by atoms with Gasteiger partial charge >= 0.3 is 11.9 Å². The van der Waals surface area contributed by atoms with Crippen LogP contribution in [-0.2, 0) is 51.2 Å². The monoisotopic (exact) mass is 559 g/mol. The highest BCUT2D eigenvalue weighted by Gasteiger charge is 2.25. The van der Waals surface area contributed by atoms with Gasteiger partial charge in [0, 0.05) is 0 Å². The molecule has 12 nitrogen and oxygen atoms in total. The predicted octanol–water partition coefficient (Wildman–Crippen LogP) is 3.99. The molecule has 0 unspecified atom stereocenters. The second-order valence-corrected chi connectivity index (χ2v) is 12.2. The molecule has 2 heterocycles. The fraction of sp³-hybridized carbons (Fsp3) is 0.696. The third kappa shape index (κ3) is 9.26. The maximum Gasteiger partial charge on any atom is 0.311 e. The number of nitrogen functional groups attached to an aromatic ring is 1. The van der Waals surface area contributed by atoms with Crippen LogP contribution in [0.2, 0.25) is 0 Å². The van der Waals surface area contributed by atoms with Gasteiger partial charge < -0.3 is 24.5 Å². The Balaban J connectivity index is 2.00. The average Bonchev–Trinajstić information content (AvgIpc) is 3.28. The van der Waals surface area contributed by atoms with Crippen molar-refractivity contribution in [3.05, 3.63) is 12.7 Å². The number of rotatable bonds is 17. The summed E-state index contributed by atoms with van der Waals surface area (Å²) in [6.45, 7) is 5.99. The quantitative estimate of drug-likeness (QED) is 0.170. The van der Waals surface area contributed by atoms with Crippen LogP contribution in [0.3, 0.4) is 0 Å². The summed E-state index contributed by atoms with van der Waals surface area (Å²) in [6, 6.07) is 0. The molecule has 0 amide bonds. The van der Waals surface area contributed by atoms with E-state index in [0.717, 1.165) is 0 Å². The van der Waals surface area contributed by atoms with Crippen LogP contribution in [0.15, 0.2) is 12.7 Å². The van der Waals surface area contributed by atoms with E-state index in [0.29, 0.717) is 49.2 Å². The van der Waals surface area contributed by atoms with Crippen LogP contribution >= 0.6 is 6.49 Å². The van der Waals surface area contributed by atoms with Crippen LogP contribution in [0.5, 0.6) is 0 Å². The lowest BCUT2D eigenvalue weighted by atomic mass is 10.0. The topological polar surface area (TPSA) is 150 Å². The molecule has 0 bridgehead atoms. The first-order chi connectivity index (χ1) is 17.7. The molecular formula is C23H38N5O7PS. The van der Waals surface area contributed by atoms with Crippen molar-refractivity contribution in [2.75, 3.05) is 25.7 Å². The molecule has 0 saturated carbocycles. The number of fused-ring (bicyclic) bond motifs is 1. The maximum atomic E-state index is 12.2. The first kappa shape index (κ1) is 31.0. The number of carbonyl (C=O) groups excluding carboxylic acids is 2. The van der Waals surface area contributed by atoms with E-state index >= 15 is 0 Å². The number of hydrogen-bond acceptors (Lipinski definition) is 12. The summed E-state index contributed by atoms with van der Waals surface area (Å²) in [5.41, 5.74) is 6.94. The molecule has 0 aliphatic heterocycles. The Morgan fingerprint density at radius 3 is 2.03 bits per heavy atom. The van der Waals surface area contributed by atoms with Crippen molar-refractivity contribution in [3.63, 3.8) is 0 Å². The number of anilines is 1. The van der Waals surface area contributed by atoms with E-state index in [1.54, 1.807) is 10.9 Å². The Labute approximate surface area is 222 Å². The molecule has 0 radical (unpaired) electrons. The standard InChI is InChI=1S/C23H38N5O7PS/c1-6-17(7-2)22(29)31-13-34-36(37,35-14-32-23(30)18(8-3)9-4)15-33-16(5)10-28-12-27-19-20(24)25-11-26-21(19)28/h11-12,16-18H,6-10,13-15H2,1-5H3,(H2,24,25,26)/t16-/m1/s1. The van der Waals surface area contributed by atoms with Gasteiger partial charge in [0.1, 0.15) is 18.2 Å². The first-order valence-electron chi connectivity index (χ1n) is 12.4. The smallest absolute Gasteiger partial charge is 0.311 e. The number of ether oxygens (including phenoxy) is 3. The molecule has 208 valence electrons. The van der Waals surface area contributed by atoms with E-state index in [4.69, 9.17) is 40.8 Å². The lowest BCUT2D eigenvalue weighted by Crippen LogP contribution is -2.21. The van der Waals surface area contributed by atoms with Crippen LogP contribution in [0.4, 0.5) is 5.82 Å². The van der Waals surface area contributed by atoms with Crippen molar-refractivity contribution in [2.45, 2.75) is 73.0 Å². The van der Waals surface area contributed by atoms with Crippen molar-refractivity contribution in [1.82, 2.24) is 19.5 Å². The fourth-order valence-electron chi connectivity index (χ4n) is 3.50. The molecule has 1 atom stereocenters. The van der Waals surface area contributed by atoms with Crippen molar-refractivity contribution >= 4 is 47.2 Å². The summed E-state index contributed by atoms with van der Waals surface area (Å²) in [6.07, 6.45) is 5.17. The van der Waals surface area contributed by atoms with Crippen LogP contribution < -0.4 is 5.73 Å². The van der Waals surface area contributed by atoms with Crippen molar-refractivity contribution in [1.29, 1.82) is 0 Å². The number of hydrogen-bond donors (Lipinski definition) is 1. The van der Waals surface area contributed by atoms with Crippen molar-refractivity contribution in [3.8, 4) is 0 Å². The zero-order valence-corrected chi connectivity index (χ0v) is 23.8. The highest BCUT2D eigenvalue weighted by Crippen LogP contribution is 2.49. The third-order valence-corrected chi connectivity index (χ3v) is 8.35. The molecule has 0 fully saturated rings. The van der Waals surface area contributed by atoms with E-state index in [2.05, 4.69) is 15.0 Å². The molecule has 2 aromatic heterocycles. The van der Waals surface area contributed by atoms with Gasteiger partial charge in [-0.15, -0.1) is 0 Å². The zero-order chi connectivity index (χ0) is 27.4. The molecule has 0 spiro atoms. The van der Waals surface area contributed by atoms with Crippen LogP contribution in [0.1, 0.15) is 60.3 Å².